The summed E-state index contributed by atoms with van der Waals surface area (Å²) in [6.07, 6.45) is 1.96. The molecular formula is C17H30N4O2. The summed E-state index contributed by atoms with van der Waals surface area (Å²) in [4.78, 5) is 21.1. The highest BCUT2D eigenvalue weighted by Gasteiger charge is 2.30. The highest BCUT2D eigenvalue weighted by molar-refractivity contribution is 5.76. The van der Waals surface area contributed by atoms with Gasteiger partial charge in [0.25, 0.3) is 0 Å². The van der Waals surface area contributed by atoms with Crippen LogP contribution in [0.1, 0.15) is 52.3 Å². The van der Waals surface area contributed by atoms with Crippen molar-refractivity contribution < 1.29 is 9.32 Å². The maximum atomic E-state index is 12.5. The van der Waals surface area contributed by atoms with Crippen molar-refractivity contribution in [3.05, 3.63) is 11.7 Å². The summed E-state index contributed by atoms with van der Waals surface area (Å²) in [5, 5.41) is 4.00. The lowest BCUT2D eigenvalue weighted by Gasteiger charge is -2.40. The van der Waals surface area contributed by atoms with E-state index in [1.54, 1.807) is 0 Å². The van der Waals surface area contributed by atoms with Crippen molar-refractivity contribution in [3.63, 3.8) is 0 Å². The van der Waals surface area contributed by atoms with E-state index in [-0.39, 0.29) is 11.3 Å². The molecule has 0 aliphatic carbocycles. The number of hydrogen-bond donors (Lipinski definition) is 0. The third-order valence-corrected chi connectivity index (χ3v) is 4.65. The van der Waals surface area contributed by atoms with E-state index in [0.29, 0.717) is 36.5 Å². The molecule has 130 valence electrons. The molecule has 0 aromatic carbocycles. The Labute approximate surface area is 139 Å². The van der Waals surface area contributed by atoms with Gasteiger partial charge in [0.1, 0.15) is 0 Å². The number of amides is 1. The van der Waals surface area contributed by atoms with Crippen molar-refractivity contribution in [2.75, 3.05) is 27.2 Å². The Balaban J connectivity index is 1.88. The molecule has 2 atom stereocenters. The number of carbonyl (C=O) groups excluding carboxylic acids is 1. The fourth-order valence-corrected chi connectivity index (χ4v) is 3.15. The second kappa shape index (κ2) is 6.99. The smallest absolute Gasteiger partial charge is 0.227 e. The maximum absolute atomic E-state index is 12.5. The van der Waals surface area contributed by atoms with Crippen LogP contribution in [0.25, 0.3) is 0 Å². The Kier molecular flexibility index (Phi) is 5.45. The highest BCUT2D eigenvalue weighted by atomic mass is 16.5. The first-order valence-electron chi connectivity index (χ1n) is 8.45. The van der Waals surface area contributed by atoms with Gasteiger partial charge in [-0.1, -0.05) is 32.9 Å². The van der Waals surface area contributed by atoms with Crippen LogP contribution in [0.3, 0.4) is 0 Å². The molecule has 0 radical (unpaired) electrons. The maximum Gasteiger partial charge on any atom is 0.227 e. The van der Waals surface area contributed by atoms with Crippen molar-refractivity contribution in [1.82, 2.24) is 19.9 Å². The Hall–Kier alpha value is -1.43. The minimum Gasteiger partial charge on any atom is -0.342 e. The molecule has 1 aromatic rings. The van der Waals surface area contributed by atoms with Crippen LogP contribution < -0.4 is 0 Å². The summed E-state index contributed by atoms with van der Waals surface area (Å²) in [6.45, 7) is 10.4. The molecule has 0 spiro atoms. The van der Waals surface area contributed by atoms with E-state index in [1.165, 1.54) is 0 Å². The molecule has 2 rings (SSSR count). The monoisotopic (exact) mass is 322 g/mol. The van der Waals surface area contributed by atoms with Gasteiger partial charge in [0.05, 0.1) is 0 Å². The van der Waals surface area contributed by atoms with Crippen molar-refractivity contribution >= 4 is 5.91 Å². The molecule has 1 saturated heterocycles. The zero-order valence-electron chi connectivity index (χ0n) is 15.3. The Morgan fingerprint density at radius 1 is 1.43 bits per heavy atom. The van der Waals surface area contributed by atoms with Crippen LogP contribution in [0.5, 0.6) is 0 Å². The van der Waals surface area contributed by atoms with Crippen molar-refractivity contribution in [3.8, 4) is 0 Å². The average molecular weight is 322 g/mol. The van der Waals surface area contributed by atoms with Gasteiger partial charge in [0.15, 0.2) is 5.82 Å². The van der Waals surface area contributed by atoms with Gasteiger partial charge in [-0.05, 0) is 25.9 Å². The van der Waals surface area contributed by atoms with Gasteiger partial charge in [0.2, 0.25) is 11.8 Å². The van der Waals surface area contributed by atoms with Crippen molar-refractivity contribution in [1.29, 1.82) is 0 Å². The van der Waals surface area contributed by atoms with Crippen LogP contribution in [-0.2, 0) is 16.6 Å². The number of aromatic nitrogens is 2. The molecule has 0 saturated carbocycles. The summed E-state index contributed by atoms with van der Waals surface area (Å²) in [6, 6.07) is 0.325. The first kappa shape index (κ1) is 17.9. The summed E-state index contributed by atoms with van der Waals surface area (Å²) in [5.74, 6) is 1.89. The van der Waals surface area contributed by atoms with E-state index in [0.717, 1.165) is 19.5 Å². The quantitative estimate of drug-likeness (QED) is 0.849. The lowest BCUT2D eigenvalue weighted by molar-refractivity contribution is -0.134. The van der Waals surface area contributed by atoms with E-state index in [1.807, 2.05) is 32.7 Å². The van der Waals surface area contributed by atoms with E-state index in [9.17, 15) is 4.79 Å². The van der Waals surface area contributed by atoms with Gasteiger partial charge in [-0.3, -0.25) is 4.79 Å². The molecule has 6 heteroatoms. The molecule has 1 amide bonds. The Bertz CT molecular complexity index is 535. The normalized spacial score (nSPS) is 23.0. The standard InChI is InChI=1S/C17H30N4O2/c1-12-11-20(5)10-9-13(12)21(6)15(22)8-7-14-18-16(19-23-14)17(2,3)4/h12-13H,7-11H2,1-6H3/t12-,13+/m1/s1. The first-order valence-corrected chi connectivity index (χ1v) is 8.45. The van der Waals surface area contributed by atoms with Gasteiger partial charge in [-0.25, -0.2) is 0 Å². The number of aryl methyl sites for hydroxylation is 1. The van der Waals surface area contributed by atoms with Gasteiger partial charge < -0.3 is 14.3 Å². The van der Waals surface area contributed by atoms with E-state index < -0.39 is 0 Å². The third-order valence-electron chi connectivity index (χ3n) is 4.65. The topological polar surface area (TPSA) is 62.5 Å². The van der Waals surface area contributed by atoms with E-state index in [4.69, 9.17) is 4.52 Å². The second-order valence-electron chi connectivity index (χ2n) is 7.86. The lowest BCUT2D eigenvalue weighted by atomic mass is 9.93. The molecule has 1 aliphatic heterocycles. The van der Waals surface area contributed by atoms with Gasteiger partial charge in [-0.15, -0.1) is 0 Å². The van der Waals surface area contributed by atoms with E-state index in [2.05, 4.69) is 29.0 Å². The molecule has 23 heavy (non-hydrogen) atoms. The summed E-state index contributed by atoms with van der Waals surface area (Å²) in [5.41, 5.74) is -0.133. The predicted molar refractivity (Wildman–Crippen MR) is 89.2 cm³/mol. The van der Waals surface area contributed by atoms with Crippen LogP contribution in [0.15, 0.2) is 4.52 Å². The van der Waals surface area contributed by atoms with Gasteiger partial charge in [0, 0.05) is 37.9 Å². The summed E-state index contributed by atoms with van der Waals surface area (Å²) in [7, 11) is 4.06. The third kappa shape index (κ3) is 4.53. The Morgan fingerprint density at radius 2 is 2.13 bits per heavy atom. The fourth-order valence-electron chi connectivity index (χ4n) is 3.15. The van der Waals surface area contributed by atoms with Crippen LogP contribution in [0, 0.1) is 5.92 Å². The minimum atomic E-state index is -0.133. The molecule has 1 aliphatic rings. The van der Waals surface area contributed by atoms with Gasteiger partial charge in [-0.2, -0.15) is 4.98 Å². The van der Waals surface area contributed by atoms with Gasteiger partial charge >= 0.3 is 0 Å². The fraction of sp³-hybridized carbons (Fsp3) is 0.824. The van der Waals surface area contributed by atoms with Crippen LogP contribution >= 0.6 is 0 Å². The van der Waals surface area contributed by atoms with Crippen LogP contribution in [0.2, 0.25) is 0 Å². The summed E-state index contributed by atoms with van der Waals surface area (Å²) >= 11 is 0. The zero-order chi connectivity index (χ0) is 17.2. The first-order chi connectivity index (χ1) is 10.7. The number of likely N-dealkylation sites (tertiary alicyclic amines) is 1. The van der Waals surface area contributed by atoms with Crippen LogP contribution in [-0.4, -0.2) is 59.1 Å². The lowest BCUT2D eigenvalue weighted by Crippen LogP contribution is -2.49. The molecule has 1 aromatic heterocycles. The SMILES string of the molecule is C[C@@H]1CN(C)CC[C@@H]1N(C)C(=O)CCc1nc(C(C)(C)C)no1. The van der Waals surface area contributed by atoms with Crippen molar-refractivity contribution in [2.45, 2.75) is 58.4 Å². The molecule has 0 bridgehead atoms. The van der Waals surface area contributed by atoms with Crippen molar-refractivity contribution in [2.24, 2.45) is 5.92 Å². The number of rotatable bonds is 4. The molecule has 2 heterocycles. The number of nitrogens with zero attached hydrogens (tertiary/aromatic N) is 4. The molecule has 0 unspecified atom stereocenters. The number of carbonyl (C=O) groups is 1. The molecule has 6 nitrogen and oxygen atoms in total. The second-order valence-corrected chi connectivity index (χ2v) is 7.86. The largest absolute Gasteiger partial charge is 0.342 e. The minimum absolute atomic E-state index is 0.133. The summed E-state index contributed by atoms with van der Waals surface area (Å²) < 4.78 is 5.26. The average Bonchev–Trinajstić information content (AvgIpc) is 2.93. The zero-order valence-corrected chi connectivity index (χ0v) is 15.3. The Morgan fingerprint density at radius 3 is 2.70 bits per heavy atom. The molecular weight excluding hydrogens is 292 g/mol. The highest BCUT2D eigenvalue weighted by Crippen LogP contribution is 2.22. The molecule has 1 fully saturated rings. The predicted octanol–water partition coefficient (Wildman–Crippen LogP) is 2.10. The van der Waals surface area contributed by atoms with E-state index >= 15 is 0 Å². The number of hydrogen-bond acceptors (Lipinski definition) is 5. The van der Waals surface area contributed by atoms with Crippen LogP contribution in [0.4, 0.5) is 0 Å². The number of piperidine rings is 1. The molecule has 0 N–H and O–H groups in total.